The first-order valence-corrected chi connectivity index (χ1v) is 9.16. The number of aromatic nitrogens is 3. The summed E-state index contributed by atoms with van der Waals surface area (Å²) >= 11 is 0. The van der Waals surface area contributed by atoms with Crippen LogP contribution in [0.3, 0.4) is 0 Å². The number of hydrogen-bond acceptors (Lipinski definition) is 5. The van der Waals surface area contributed by atoms with Crippen molar-refractivity contribution in [2.75, 3.05) is 5.32 Å². The molecule has 0 aliphatic heterocycles. The van der Waals surface area contributed by atoms with Gasteiger partial charge in [-0.2, -0.15) is 0 Å². The Bertz CT molecular complexity index is 1220. The average Bonchev–Trinajstić information content (AvgIpc) is 3.21. The quantitative estimate of drug-likeness (QED) is 0.396. The molecule has 148 valence electrons. The summed E-state index contributed by atoms with van der Waals surface area (Å²) in [6.45, 7) is 1.99. The van der Waals surface area contributed by atoms with E-state index in [0.717, 1.165) is 16.8 Å². The lowest BCUT2D eigenvalue weighted by molar-refractivity contribution is -0.384. The van der Waals surface area contributed by atoms with Gasteiger partial charge < -0.3 is 5.32 Å². The minimum atomic E-state index is -0.557. The molecule has 1 heterocycles. The Morgan fingerprint density at radius 2 is 1.73 bits per heavy atom. The van der Waals surface area contributed by atoms with Gasteiger partial charge in [0.1, 0.15) is 0 Å². The molecule has 0 unspecified atom stereocenters. The van der Waals surface area contributed by atoms with E-state index in [4.69, 9.17) is 0 Å². The summed E-state index contributed by atoms with van der Waals surface area (Å²) in [7, 11) is 0. The maximum Gasteiger partial charge on any atom is 0.295 e. The number of hydrogen-bond donors (Lipinski definition) is 1. The molecule has 0 atom stereocenters. The molecular weight excluding hydrogens is 382 g/mol. The molecule has 0 aliphatic carbocycles. The Morgan fingerprint density at radius 1 is 1.00 bits per heavy atom. The fourth-order valence-electron chi connectivity index (χ4n) is 2.93. The SMILES string of the molecule is Cc1ccc(-c2nc(C(=O)Nc3cccc([N+](=O)[O-])c3)nn2-c2ccccc2)cc1. The van der Waals surface area contributed by atoms with Gasteiger partial charge >= 0.3 is 0 Å². The lowest BCUT2D eigenvalue weighted by atomic mass is 10.1. The second-order valence-electron chi connectivity index (χ2n) is 6.63. The number of nitro groups is 1. The van der Waals surface area contributed by atoms with E-state index in [1.54, 1.807) is 10.7 Å². The molecule has 4 rings (SSSR count). The van der Waals surface area contributed by atoms with Gasteiger partial charge in [0.15, 0.2) is 5.82 Å². The highest BCUT2D eigenvalue weighted by atomic mass is 16.6. The minimum absolute atomic E-state index is 0.0408. The highest BCUT2D eigenvalue weighted by Gasteiger charge is 2.19. The van der Waals surface area contributed by atoms with Crippen molar-refractivity contribution in [2.24, 2.45) is 0 Å². The normalized spacial score (nSPS) is 10.6. The van der Waals surface area contributed by atoms with Crippen LogP contribution in [0.5, 0.6) is 0 Å². The van der Waals surface area contributed by atoms with Crippen LogP contribution in [-0.2, 0) is 0 Å². The zero-order valence-corrected chi connectivity index (χ0v) is 16.0. The molecule has 3 aromatic carbocycles. The van der Waals surface area contributed by atoms with Crippen molar-refractivity contribution in [3.63, 3.8) is 0 Å². The summed E-state index contributed by atoms with van der Waals surface area (Å²) in [4.78, 5) is 27.6. The first kappa shape index (κ1) is 19.0. The van der Waals surface area contributed by atoms with E-state index in [-0.39, 0.29) is 11.5 Å². The molecule has 0 bridgehead atoms. The van der Waals surface area contributed by atoms with Gasteiger partial charge in [0.05, 0.1) is 10.6 Å². The van der Waals surface area contributed by atoms with Gasteiger partial charge in [0, 0.05) is 23.4 Å². The highest BCUT2D eigenvalue weighted by molar-refractivity contribution is 6.02. The zero-order valence-electron chi connectivity index (χ0n) is 16.0. The zero-order chi connectivity index (χ0) is 21.1. The lowest BCUT2D eigenvalue weighted by Crippen LogP contribution is -2.14. The maximum atomic E-state index is 12.8. The van der Waals surface area contributed by atoms with E-state index < -0.39 is 10.8 Å². The first-order valence-electron chi connectivity index (χ1n) is 9.16. The van der Waals surface area contributed by atoms with Gasteiger partial charge in [-0.05, 0) is 25.1 Å². The Labute approximate surface area is 172 Å². The van der Waals surface area contributed by atoms with Gasteiger partial charge in [-0.3, -0.25) is 14.9 Å². The van der Waals surface area contributed by atoms with Gasteiger partial charge in [0.25, 0.3) is 11.6 Å². The molecule has 8 heteroatoms. The summed E-state index contributed by atoms with van der Waals surface area (Å²) in [6, 6.07) is 22.8. The number of anilines is 1. The number of para-hydroxylation sites is 1. The number of nitrogens with zero attached hydrogens (tertiary/aromatic N) is 4. The van der Waals surface area contributed by atoms with Crippen LogP contribution in [0, 0.1) is 17.0 Å². The molecule has 8 nitrogen and oxygen atoms in total. The second-order valence-corrected chi connectivity index (χ2v) is 6.63. The van der Waals surface area contributed by atoms with Gasteiger partial charge in [-0.1, -0.05) is 54.1 Å². The highest BCUT2D eigenvalue weighted by Crippen LogP contribution is 2.23. The van der Waals surface area contributed by atoms with E-state index in [2.05, 4.69) is 15.4 Å². The third-order valence-electron chi connectivity index (χ3n) is 4.44. The number of amides is 1. The predicted octanol–water partition coefficient (Wildman–Crippen LogP) is 4.40. The van der Waals surface area contributed by atoms with Crippen LogP contribution in [0.15, 0.2) is 78.9 Å². The van der Waals surface area contributed by atoms with E-state index in [0.29, 0.717) is 11.5 Å². The van der Waals surface area contributed by atoms with Crippen molar-refractivity contribution in [2.45, 2.75) is 6.92 Å². The Balaban J connectivity index is 1.72. The molecule has 0 aliphatic rings. The standard InChI is InChI=1S/C22H17N5O3/c1-15-10-12-16(13-11-15)21-24-20(25-26(21)18-7-3-2-4-8-18)22(28)23-17-6-5-9-19(14-17)27(29)30/h2-14H,1H3,(H,23,28). The number of rotatable bonds is 5. The van der Waals surface area contributed by atoms with Crippen molar-refractivity contribution >= 4 is 17.3 Å². The molecule has 0 saturated carbocycles. The number of benzene rings is 3. The maximum absolute atomic E-state index is 12.8. The summed E-state index contributed by atoms with van der Waals surface area (Å²) in [5, 5.41) is 18.0. The van der Waals surface area contributed by atoms with Crippen LogP contribution < -0.4 is 5.32 Å². The summed E-state index contributed by atoms with van der Waals surface area (Å²) in [5.41, 5.74) is 2.85. The van der Waals surface area contributed by atoms with Crippen LogP contribution >= 0.6 is 0 Å². The van der Waals surface area contributed by atoms with Crippen LogP contribution in [0.4, 0.5) is 11.4 Å². The van der Waals surface area contributed by atoms with Crippen molar-refractivity contribution in [3.05, 3.63) is 100 Å². The van der Waals surface area contributed by atoms with Gasteiger partial charge in [-0.15, -0.1) is 5.10 Å². The van der Waals surface area contributed by atoms with Crippen molar-refractivity contribution < 1.29 is 9.72 Å². The van der Waals surface area contributed by atoms with E-state index in [9.17, 15) is 14.9 Å². The van der Waals surface area contributed by atoms with Crippen LogP contribution in [0.1, 0.15) is 16.2 Å². The smallest absolute Gasteiger partial charge is 0.295 e. The number of nitro benzene ring substituents is 1. The van der Waals surface area contributed by atoms with E-state index >= 15 is 0 Å². The molecule has 0 fully saturated rings. The first-order chi connectivity index (χ1) is 14.5. The molecular formula is C22H17N5O3. The van der Waals surface area contributed by atoms with Gasteiger partial charge in [-0.25, -0.2) is 9.67 Å². The summed E-state index contributed by atoms with van der Waals surface area (Å²) in [5.74, 6) is -0.0788. The number of non-ortho nitro benzene ring substituents is 1. The number of carbonyl (C=O) groups excluding carboxylic acids is 1. The topological polar surface area (TPSA) is 103 Å². The Morgan fingerprint density at radius 3 is 2.43 bits per heavy atom. The Kier molecular flexibility index (Phi) is 5.04. The van der Waals surface area contributed by atoms with Crippen molar-refractivity contribution in [1.29, 1.82) is 0 Å². The molecule has 30 heavy (non-hydrogen) atoms. The van der Waals surface area contributed by atoms with Gasteiger partial charge in [0.2, 0.25) is 5.82 Å². The molecule has 4 aromatic rings. The van der Waals surface area contributed by atoms with Crippen LogP contribution in [0.2, 0.25) is 0 Å². The fourth-order valence-corrected chi connectivity index (χ4v) is 2.93. The fraction of sp³-hybridized carbons (Fsp3) is 0.0455. The molecule has 1 amide bonds. The molecule has 0 radical (unpaired) electrons. The number of aryl methyl sites for hydroxylation is 1. The molecule has 1 N–H and O–H groups in total. The average molecular weight is 399 g/mol. The molecule has 1 aromatic heterocycles. The van der Waals surface area contributed by atoms with E-state index in [1.807, 2.05) is 61.5 Å². The number of nitrogens with one attached hydrogen (secondary N) is 1. The Hall–Kier alpha value is -4.33. The number of carbonyl (C=O) groups is 1. The monoisotopic (exact) mass is 399 g/mol. The molecule has 0 saturated heterocycles. The van der Waals surface area contributed by atoms with Crippen molar-refractivity contribution in [3.8, 4) is 17.1 Å². The van der Waals surface area contributed by atoms with E-state index in [1.165, 1.54) is 18.2 Å². The molecule has 0 spiro atoms. The third-order valence-corrected chi connectivity index (χ3v) is 4.44. The largest absolute Gasteiger partial charge is 0.319 e. The van der Waals surface area contributed by atoms with Crippen molar-refractivity contribution in [1.82, 2.24) is 14.8 Å². The predicted molar refractivity (Wildman–Crippen MR) is 113 cm³/mol. The summed E-state index contributed by atoms with van der Waals surface area (Å²) < 4.78 is 1.60. The lowest BCUT2D eigenvalue weighted by Gasteiger charge is -2.05. The second kappa shape index (κ2) is 7.96. The third kappa shape index (κ3) is 3.93. The van der Waals surface area contributed by atoms with Crippen LogP contribution in [0.25, 0.3) is 17.1 Å². The van der Waals surface area contributed by atoms with Crippen LogP contribution in [-0.4, -0.2) is 25.6 Å². The summed E-state index contributed by atoms with van der Waals surface area (Å²) in [6.07, 6.45) is 0. The minimum Gasteiger partial charge on any atom is -0.319 e.